The van der Waals surface area contributed by atoms with Gasteiger partial charge in [0.05, 0.1) is 0 Å². The maximum Gasteiger partial charge on any atom is 0.0283 e. The predicted octanol–water partition coefficient (Wildman–Crippen LogP) is 3.02. The van der Waals surface area contributed by atoms with Gasteiger partial charge in [-0.25, -0.2) is 0 Å². The standard InChI is InChI=1S/C9H8Br/c1-2-8-3-5-9(7-10)6-4-8/h2-3,5-6H,1,7H2. The molecule has 0 atom stereocenters. The summed E-state index contributed by atoms with van der Waals surface area (Å²) in [5.41, 5.74) is 2.29. The van der Waals surface area contributed by atoms with E-state index in [1.807, 2.05) is 12.1 Å². The summed E-state index contributed by atoms with van der Waals surface area (Å²) in [5.74, 6) is 0. The van der Waals surface area contributed by atoms with Crippen molar-refractivity contribution < 1.29 is 0 Å². The highest BCUT2D eigenvalue weighted by molar-refractivity contribution is 9.08. The van der Waals surface area contributed by atoms with Crippen molar-refractivity contribution in [1.29, 1.82) is 0 Å². The normalized spacial score (nSPS) is 9.30. The van der Waals surface area contributed by atoms with Gasteiger partial charge >= 0.3 is 0 Å². The molecular formula is C9H8Br. The summed E-state index contributed by atoms with van der Waals surface area (Å²) >= 11 is 3.36. The SMILES string of the molecule is C=Cc1[c]cc(CBr)cc1. The molecular weight excluding hydrogens is 188 g/mol. The van der Waals surface area contributed by atoms with Crippen molar-refractivity contribution in [2.24, 2.45) is 0 Å². The topological polar surface area (TPSA) is 0 Å². The number of alkyl halides is 1. The van der Waals surface area contributed by atoms with Crippen molar-refractivity contribution in [2.75, 3.05) is 0 Å². The molecule has 0 spiro atoms. The van der Waals surface area contributed by atoms with Crippen molar-refractivity contribution in [3.8, 4) is 0 Å². The lowest BCUT2D eigenvalue weighted by molar-refractivity contribution is 1.42. The van der Waals surface area contributed by atoms with Crippen LogP contribution in [0.5, 0.6) is 0 Å². The van der Waals surface area contributed by atoms with E-state index in [9.17, 15) is 0 Å². The fourth-order valence-electron chi connectivity index (χ4n) is 0.679. The first-order valence-electron chi connectivity index (χ1n) is 3.06. The van der Waals surface area contributed by atoms with Crippen molar-refractivity contribution in [2.45, 2.75) is 5.33 Å². The van der Waals surface area contributed by atoms with Gasteiger partial charge in [0.15, 0.2) is 0 Å². The summed E-state index contributed by atoms with van der Waals surface area (Å²) in [6.45, 7) is 3.64. The fraction of sp³-hybridized carbons (Fsp3) is 0.111. The number of hydrogen-bond donors (Lipinski definition) is 0. The largest absolute Gasteiger partial charge is 0.0984 e. The van der Waals surface area contributed by atoms with Gasteiger partial charge in [-0.05, 0) is 23.3 Å². The summed E-state index contributed by atoms with van der Waals surface area (Å²) in [4.78, 5) is 0. The molecule has 0 aliphatic heterocycles. The van der Waals surface area contributed by atoms with E-state index in [1.165, 1.54) is 5.56 Å². The highest BCUT2D eigenvalue weighted by Gasteiger charge is 1.88. The van der Waals surface area contributed by atoms with E-state index >= 15 is 0 Å². The predicted molar refractivity (Wildman–Crippen MR) is 48.0 cm³/mol. The third-order valence-corrected chi connectivity index (χ3v) is 1.92. The van der Waals surface area contributed by atoms with Crippen LogP contribution in [0.1, 0.15) is 11.1 Å². The molecule has 0 fully saturated rings. The summed E-state index contributed by atoms with van der Waals surface area (Å²) in [6.07, 6.45) is 1.79. The Labute approximate surface area is 69.7 Å². The second kappa shape index (κ2) is 3.57. The van der Waals surface area contributed by atoms with E-state index in [-0.39, 0.29) is 0 Å². The average molecular weight is 196 g/mol. The zero-order valence-corrected chi connectivity index (χ0v) is 7.19. The second-order valence-corrected chi connectivity index (χ2v) is 2.55. The summed E-state index contributed by atoms with van der Waals surface area (Å²) in [6, 6.07) is 9.11. The molecule has 1 rings (SSSR count). The van der Waals surface area contributed by atoms with Crippen LogP contribution in [-0.2, 0) is 5.33 Å². The number of benzene rings is 1. The molecule has 51 valence electrons. The first kappa shape index (κ1) is 7.55. The molecule has 0 bridgehead atoms. The van der Waals surface area contributed by atoms with E-state index in [1.54, 1.807) is 6.08 Å². The quantitative estimate of drug-likeness (QED) is 0.637. The van der Waals surface area contributed by atoms with Gasteiger partial charge < -0.3 is 0 Å². The first-order valence-corrected chi connectivity index (χ1v) is 4.18. The van der Waals surface area contributed by atoms with Crippen LogP contribution < -0.4 is 0 Å². The minimum absolute atomic E-state index is 0.890. The second-order valence-electron chi connectivity index (χ2n) is 1.99. The van der Waals surface area contributed by atoms with Crippen LogP contribution in [0.2, 0.25) is 0 Å². The van der Waals surface area contributed by atoms with Crippen LogP contribution in [0.4, 0.5) is 0 Å². The van der Waals surface area contributed by atoms with Gasteiger partial charge in [-0.15, -0.1) is 0 Å². The van der Waals surface area contributed by atoms with Crippen molar-refractivity contribution >= 4 is 22.0 Å². The Bertz CT molecular complexity index is 211. The van der Waals surface area contributed by atoms with Crippen LogP contribution in [0.15, 0.2) is 24.8 Å². The molecule has 0 N–H and O–H groups in total. The molecule has 0 amide bonds. The third-order valence-electron chi connectivity index (χ3n) is 1.28. The Kier molecular flexibility index (Phi) is 2.69. The molecule has 0 nitrogen and oxygen atoms in total. The lowest BCUT2D eigenvalue weighted by atomic mass is 10.2. The van der Waals surface area contributed by atoms with Gasteiger partial charge in [-0.3, -0.25) is 0 Å². The molecule has 0 saturated carbocycles. The van der Waals surface area contributed by atoms with E-state index in [0.29, 0.717) is 0 Å². The van der Waals surface area contributed by atoms with Crippen LogP contribution >= 0.6 is 15.9 Å². The van der Waals surface area contributed by atoms with Gasteiger partial charge in [0.1, 0.15) is 0 Å². The van der Waals surface area contributed by atoms with E-state index in [0.717, 1.165) is 10.9 Å². The number of halogens is 1. The molecule has 0 heterocycles. The zero-order valence-electron chi connectivity index (χ0n) is 5.60. The van der Waals surface area contributed by atoms with Gasteiger partial charge in [0.25, 0.3) is 0 Å². The van der Waals surface area contributed by atoms with E-state index in [2.05, 4.69) is 34.6 Å². The molecule has 1 radical (unpaired) electrons. The number of rotatable bonds is 2. The molecule has 0 aromatic heterocycles. The van der Waals surface area contributed by atoms with Crippen LogP contribution in [0.25, 0.3) is 6.08 Å². The van der Waals surface area contributed by atoms with E-state index < -0.39 is 0 Å². The maximum atomic E-state index is 3.64. The van der Waals surface area contributed by atoms with Crippen molar-refractivity contribution in [3.63, 3.8) is 0 Å². The van der Waals surface area contributed by atoms with E-state index in [4.69, 9.17) is 0 Å². The summed E-state index contributed by atoms with van der Waals surface area (Å²) < 4.78 is 0. The summed E-state index contributed by atoms with van der Waals surface area (Å²) in [5, 5.41) is 0.890. The minimum Gasteiger partial charge on any atom is -0.0984 e. The first-order chi connectivity index (χ1) is 4.86. The molecule has 0 aliphatic carbocycles. The Morgan fingerprint density at radius 2 is 2.40 bits per heavy atom. The molecule has 1 aromatic rings. The Morgan fingerprint density at radius 1 is 1.60 bits per heavy atom. The molecule has 0 unspecified atom stereocenters. The van der Waals surface area contributed by atoms with Gasteiger partial charge in [0, 0.05) is 5.33 Å². The summed E-state index contributed by atoms with van der Waals surface area (Å²) in [7, 11) is 0. The molecule has 1 aromatic carbocycles. The average Bonchev–Trinajstić information content (AvgIpc) is 2.05. The van der Waals surface area contributed by atoms with Crippen molar-refractivity contribution in [1.82, 2.24) is 0 Å². The number of hydrogen-bond acceptors (Lipinski definition) is 0. The van der Waals surface area contributed by atoms with Gasteiger partial charge in [-0.2, -0.15) is 0 Å². The highest BCUT2D eigenvalue weighted by atomic mass is 79.9. The molecule has 1 heteroatoms. The van der Waals surface area contributed by atoms with Crippen LogP contribution in [-0.4, -0.2) is 0 Å². The lowest BCUT2D eigenvalue weighted by Gasteiger charge is -1.93. The maximum absolute atomic E-state index is 3.64. The highest BCUT2D eigenvalue weighted by Crippen LogP contribution is 2.07. The molecule has 0 saturated heterocycles. The van der Waals surface area contributed by atoms with Crippen molar-refractivity contribution in [3.05, 3.63) is 42.0 Å². The minimum atomic E-state index is 0.890. The fourth-order valence-corrected chi connectivity index (χ4v) is 1.03. The zero-order chi connectivity index (χ0) is 7.40. The molecule has 0 aliphatic rings. The van der Waals surface area contributed by atoms with Gasteiger partial charge in [-0.1, -0.05) is 40.7 Å². The lowest BCUT2D eigenvalue weighted by Crippen LogP contribution is -1.76. The Hall–Kier alpha value is -0.560. The molecule has 10 heavy (non-hydrogen) atoms. The monoisotopic (exact) mass is 195 g/mol. The van der Waals surface area contributed by atoms with Crippen LogP contribution in [0, 0.1) is 6.07 Å². The third kappa shape index (κ3) is 1.71. The smallest absolute Gasteiger partial charge is 0.0283 e. The van der Waals surface area contributed by atoms with Crippen LogP contribution in [0.3, 0.4) is 0 Å². The Balaban J connectivity index is 2.90. The Morgan fingerprint density at radius 3 is 2.80 bits per heavy atom. The van der Waals surface area contributed by atoms with Gasteiger partial charge in [0.2, 0.25) is 0 Å².